The van der Waals surface area contributed by atoms with E-state index in [4.69, 9.17) is 9.84 Å². The van der Waals surface area contributed by atoms with Gasteiger partial charge in [0.25, 0.3) is 0 Å². The van der Waals surface area contributed by atoms with Crippen LogP contribution in [0.2, 0.25) is 0 Å². The number of carbonyl (C=O) groups is 1. The Morgan fingerprint density at radius 1 is 1.11 bits per heavy atom. The topological polar surface area (TPSA) is 66.8 Å². The van der Waals surface area contributed by atoms with Gasteiger partial charge in [-0.2, -0.15) is 0 Å². The molecule has 5 heteroatoms. The van der Waals surface area contributed by atoms with Gasteiger partial charge in [0.2, 0.25) is 0 Å². The summed E-state index contributed by atoms with van der Waals surface area (Å²) >= 11 is 2.17. The molecule has 0 bridgehead atoms. The fraction of sp³-hybridized carbons (Fsp3) is 0. The fourth-order valence-corrected chi connectivity index (χ4v) is 1.77. The first-order chi connectivity index (χ1) is 8.58. The van der Waals surface area contributed by atoms with Crippen LogP contribution in [0.25, 0.3) is 0 Å². The Morgan fingerprint density at radius 3 is 2.39 bits per heavy atom. The van der Waals surface area contributed by atoms with E-state index in [2.05, 4.69) is 22.6 Å². The third-order valence-corrected chi connectivity index (χ3v) is 2.99. The summed E-state index contributed by atoms with van der Waals surface area (Å²) in [4.78, 5) is 10.9. The predicted molar refractivity (Wildman–Crippen MR) is 74.3 cm³/mol. The lowest BCUT2D eigenvalue weighted by atomic mass is 10.2. The molecule has 2 N–H and O–H groups in total. The lowest BCUT2D eigenvalue weighted by molar-refractivity contribution is 0.0693. The Hall–Kier alpha value is -1.76. The second-order valence-corrected chi connectivity index (χ2v) is 4.76. The normalized spacial score (nSPS) is 10.1. The zero-order chi connectivity index (χ0) is 13.1. The van der Waals surface area contributed by atoms with Crippen LogP contribution in [-0.2, 0) is 0 Å². The van der Waals surface area contributed by atoms with Crippen molar-refractivity contribution in [3.63, 3.8) is 0 Å². The molecule has 0 radical (unpaired) electrons. The third-order valence-electron chi connectivity index (χ3n) is 2.27. The van der Waals surface area contributed by atoms with Gasteiger partial charge in [-0.1, -0.05) is 6.07 Å². The first-order valence-electron chi connectivity index (χ1n) is 5.06. The number of hydrogen-bond acceptors (Lipinski definition) is 3. The summed E-state index contributed by atoms with van der Waals surface area (Å²) in [6.07, 6.45) is 0. The molecule has 0 heterocycles. The molecular weight excluding hydrogens is 347 g/mol. The van der Waals surface area contributed by atoms with Crippen LogP contribution in [0.15, 0.2) is 42.5 Å². The minimum absolute atomic E-state index is 0.121. The Morgan fingerprint density at radius 2 is 1.78 bits per heavy atom. The predicted octanol–water partition coefficient (Wildman–Crippen LogP) is 3.49. The molecule has 92 valence electrons. The molecule has 0 atom stereocenters. The highest BCUT2D eigenvalue weighted by Gasteiger charge is 2.14. The van der Waals surface area contributed by atoms with Crippen LogP contribution in [0.1, 0.15) is 10.4 Å². The van der Waals surface area contributed by atoms with Gasteiger partial charge in [-0.15, -0.1) is 0 Å². The molecule has 0 aromatic heterocycles. The number of rotatable bonds is 3. The summed E-state index contributed by atoms with van der Waals surface area (Å²) in [6.45, 7) is 0. The van der Waals surface area contributed by atoms with Crippen molar-refractivity contribution < 1.29 is 19.7 Å². The summed E-state index contributed by atoms with van der Waals surface area (Å²) < 4.78 is 6.50. The van der Waals surface area contributed by atoms with Gasteiger partial charge < -0.3 is 14.9 Å². The van der Waals surface area contributed by atoms with E-state index >= 15 is 0 Å². The number of aromatic carboxylic acids is 1. The highest BCUT2D eigenvalue weighted by atomic mass is 127. The highest BCUT2D eigenvalue weighted by molar-refractivity contribution is 14.1. The van der Waals surface area contributed by atoms with Crippen LogP contribution >= 0.6 is 22.6 Å². The number of phenols is 1. The van der Waals surface area contributed by atoms with Gasteiger partial charge in [0, 0.05) is 3.57 Å². The lowest BCUT2D eigenvalue weighted by Crippen LogP contribution is -1.97. The van der Waals surface area contributed by atoms with E-state index < -0.39 is 5.97 Å². The Kier molecular flexibility index (Phi) is 3.71. The number of carboxylic acids is 1. The van der Waals surface area contributed by atoms with Crippen LogP contribution in [0, 0.1) is 3.57 Å². The number of carboxylic acid groups (broad SMARTS) is 1. The largest absolute Gasteiger partial charge is 0.504 e. The second kappa shape index (κ2) is 5.26. The molecule has 0 amide bonds. The van der Waals surface area contributed by atoms with Gasteiger partial charge >= 0.3 is 5.97 Å². The number of aromatic hydroxyl groups is 1. The summed E-state index contributed by atoms with van der Waals surface area (Å²) in [5.41, 5.74) is -0.182. The van der Waals surface area contributed by atoms with E-state index in [9.17, 15) is 9.90 Å². The average Bonchev–Trinajstić information content (AvgIpc) is 2.34. The quantitative estimate of drug-likeness (QED) is 0.827. The molecule has 2 aromatic carbocycles. The van der Waals surface area contributed by atoms with Crippen molar-refractivity contribution in [1.82, 2.24) is 0 Å². The minimum Gasteiger partial charge on any atom is -0.504 e. The molecular formula is C13H9IO4. The SMILES string of the molecule is O=C(O)c1cccc(Oc2ccc(I)cc2)c1O. The smallest absolute Gasteiger partial charge is 0.339 e. The van der Waals surface area contributed by atoms with Crippen molar-refractivity contribution >= 4 is 28.6 Å². The first kappa shape index (κ1) is 12.7. The molecule has 0 aliphatic heterocycles. The summed E-state index contributed by atoms with van der Waals surface area (Å²) in [5.74, 6) is -0.909. The van der Waals surface area contributed by atoms with E-state index in [1.54, 1.807) is 12.1 Å². The van der Waals surface area contributed by atoms with Gasteiger partial charge in [0.1, 0.15) is 11.3 Å². The number of benzene rings is 2. The van der Waals surface area contributed by atoms with Crippen LogP contribution in [0.5, 0.6) is 17.2 Å². The van der Waals surface area contributed by atoms with E-state index in [0.29, 0.717) is 5.75 Å². The van der Waals surface area contributed by atoms with Gasteiger partial charge in [-0.3, -0.25) is 0 Å². The molecule has 18 heavy (non-hydrogen) atoms. The molecule has 0 aliphatic carbocycles. The standard InChI is InChI=1S/C13H9IO4/c14-8-4-6-9(7-5-8)18-11-3-1-2-10(12(11)15)13(16)17/h1-7,15H,(H,16,17). The molecule has 0 unspecified atom stereocenters. The zero-order valence-electron chi connectivity index (χ0n) is 9.13. The van der Waals surface area contributed by atoms with Crippen molar-refractivity contribution in [2.75, 3.05) is 0 Å². The Bertz CT molecular complexity index is 578. The van der Waals surface area contributed by atoms with Crippen molar-refractivity contribution in [1.29, 1.82) is 0 Å². The molecule has 0 aliphatic rings. The van der Waals surface area contributed by atoms with Crippen molar-refractivity contribution in [3.05, 3.63) is 51.6 Å². The van der Waals surface area contributed by atoms with Gasteiger partial charge in [0.05, 0.1) is 0 Å². The number of para-hydroxylation sites is 1. The second-order valence-electron chi connectivity index (χ2n) is 3.51. The van der Waals surface area contributed by atoms with Crippen molar-refractivity contribution in [2.24, 2.45) is 0 Å². The van der Waals surface area contributed by atoms with E-state index in [1.165, 1.54) is 18.2 Å². The maximum Gasteiger partial charge on any atom is 0.339 e. The van der Waals surface area contributed by atoms with Crippen LogP contribution in [0.3, 0.4) is 0 Å². The zero-order valence-corrected chi connectivity index (χ0v) is 11.3. The summed E-state index contributed by atoms with van der Waals surface area (Å²) in [7, 11) is 0. The van der Waals surface area contributed by atoms with E-state index in [1.807, 2.05) is 12.1 Å². The van der Waals surface area contributed by atoms with Crippen LogP contribution in [0.4, 0.5) is 0 Å². The maximum absolute atomic E-state index is 10.9. The average molecular weight is 356 g/mol. The van der Waals surface area contributed by atoms with E-state index in [0.717, 1.165) is 3.57 Å². The molecule has 0 spiro atoms. The Labute approximate surface area is 117 Å². The summed E-state index contributed by atoms with van der Waals surface area (Å²) in [6, 6.07) is 11.6. The van der Waals surface area contributed by atoms with Crippen LogP contribution in [-0.4, -0.2) is 16.2 Å². The third kappa shape index (κ3) is 2.73. The first-order valence-corrected chi connectivity index (χ1v) is 6.14. The maximum atomic E-state index is 10.9. The highest BCUT2D eigenvalue weighted by Crippen LogP contribution is 2.33. The van der Waals surface area contributed by atoms with Gasteiger partial charge in [0.15, 0.2) is 11.5 Å². The molecule has 0 saturated carbocycles. The lowest BCUT2D eigenvalue weighted by Gasteiger charge is -2.09. The summed E-state index contributed by atoms with van der Waals surface area (Å²) in [5, 5.41) is 18.6. The van der Waals surface area contributed by atoms with Crippen molar-refractivity contribution in [3.8, 4) is 17.2 Å². The molecule has 0 fully saturated rings. The Balaban J connectivity index is 2.32. The molecule has 4 nitrogen and oxygen atoms in total. The van der Waals surface area contributed by atoms with Gasteiger partial charge in [-0.05, 0) is 59.0 Å². The number of ether oxygens (including phenoxy) is 1. The monoisotopic (exact) mass is 356 g/mol. The van der Waals surface area contributed by atoms with E-state index in [-0.39, 0.29) is 17.1 Å². The molecule has 0 saturated heterocycles. The minimum atomic E-state index is -1.19. The molecule has 2 rings (SSSR count). The molecule has 2 aromatic rings. The van der Waals surface area contributed by atoms with Crippen LogP contribution < -0.4 is 4.74 Å². The van der Waals surface area contributed by atoms with Crippen molar-refractivity contribution in [2.45, 2.75) is 0 Å². The number of halogens is 1. The van der Waals surface area contributed by atoms with Gasteiger partial charge in [-0.25, -0.2) is 4.79 Å². The number of hydrogen-bond donors (Lipinski definition) is 2. The fourth-order valence-electron chi connectivity index (χ4n) is 1.41.